The van der Waals surface area contributed by atoms with E-state index < -0.39 is 0 Å². The number of pyridine rings is 1. The van der Waals surface area contributed by atoms with E-state index in [1.165, 1.54) is 72.8 Å². The third-order valence-electron chi connectivity index (χ3n) is 8.59. The molecule has 2 aliphatic carbocycles. The maximum Gasteiger partial charge on any atom is 0.0688 e. The summed E-state index contributed by atoms with van der Waals surface area (Å²) in [6, 6.07) is 29.4. The summed E-state index contributed by atoms with van der Waals surface area (Å²) >= 11 is 0. The average Bonchev–Trinajstić information content (AvgIpc) is 3.46. The SMILES string of the molecule is c1ccc2c(c1)Cc1c-2ccc2c1Cc1cc3c4c(c1-2)Cc1ncccc1N4c1ccccc1C3. The van der Waals surface area contributed by atoms with Crippen LogP contribution in [0.1, 0.15) is 44.6 Å². The van der Waals surface area contributed by atoms with E-state index in [0.717, 1.165) is 25.7 Å². The van der Waals surface area contributed by atoms with E-state index in [0.29, 0.717) is 0 Å². The molecule has 0 bridgehead atoms. The minimum Gasteiger partial charge on any atom is -0.308 e. The topological polar surface area (TPSA) is 16.1 Å². The molecule has 0 radical (unpaired) electrons. The van der Waals surface area contributed by atoms with Gasteiger partial charge in [-0.2, -0.15) is 0 Å². The van der Waals surface area contributed by atoms with Gasteiger partial charge in [0.2, 0.25) is 0 Å². The van der Waals surface area contributed by atoms with E-state index in [1.807, 2.05) is 6.20 Å². The highest BCUT2D eigenvalue weighted by atomic mass is 15.2. The maximum absolute atomic E-state index is 4.87. The van der Waals surface area contributed by atoms with Gasteiger partial charge in [0.05, 0.1) is 17.1 Å². The molecule has 4 aliphatic rings. The van der Waals surface area contributed by atoms with Gasteiger partial charge in [0.25, 0.3) is 0 Å². The number of hydrogen-bond acceptors (Lipinski definition) is 2. The van der Waals surface area contributed by atoms with Crippen LogP contribution in [0.4, 0.5) is 17.1 Å². The molecule has 0 N–H and O–H groups in total. The van der Waals surface area contributed by atoms with Crippen LogP contribution in [0.15, 0.2) is 85.1 Å². The van der Waals surface area contributed by atoms with Crippen molar-refractivity contribution < 1.29 is 0 Å². The molecule has 9 rings (SSSR count). The van der Waals surface area contributed by atoms with Crippen molar-refractivity contribution in [2.24, 2.45) is 0 Å². The molecule has 3 heterocycles. The summed E-state index contributed by atoms with van der Waals surface area (Å²) in [6.45, 7) is 0. The Morgan fingerprint density at radius 2 is 1.31 bits per heavy atom. The van der Waals surface area contributed by atoms with E-state index in [9.17, 15) is 0 Å². The van der Waals surface area contributed by atoms with Crippen molar-refractivity contribution in [3.63, 3.8) is 0 Å². The second kappa shape index (κ2) is 6.28. The predicted octanol–water partition coefficient (Wildman–Crippen LogP) is 7.50. The minimum atomic E-state index is 0.900. The van der Waals surface area contributed by atoms with E-state index in [-0.39, 0.29) is 0 Å². The Morgan fingerprint density at radius 1 is 0.543 bits per heavy atom. The Morgan fingerprint density at radius 3 is 2.29 bits per heavy atom. The van der Waals surface area contributed by atoms with Gasteiger partial charge in [-0.3, -0.25) is 4.98 Å². The molecule has 0 fully saturated rings. The minimum absolute atomic E-state index is 0.900. The van der Waals surface area contributed by atoms with Gasteiger partial charge in [-0.25, -0.2) is 0 Å². The van der Waals surface area contributed by atoms with Crippen LogP contribution < -0.4 is 4.90 Å². The number of nitrogens with zero attached hydrogens (tertiary/aromatic N) is 2. The van der Waals surface area contributed by atoms with Crippen LogP contribution in [0.5, 0.6) is 0 Å². The number of anilines is 3. The number of fused-ring (bicyclic) bond motifs is 12. The van der Waals surface area contributed by atoms with Gasteiger partial charge in [0, 0.05) is 24.7 Å². The van der Waals surface area contributed by atoms with Crippen molar-refractivity contribution in [3.05, 3.63) is 130 Å². The summed E-state index contributed by atoms with van der Waals surface area (Å²) < 4.78 is 0. The highest BCUT2D eigenvalue weighted by molar-refractivity contribution is 5.96. The Hall–Kier alpha value is -4.17. The fourth-order valence-corrected chi connectivity index (χ4v) is 7.21. The first-order valence-electron chi connectivity index (χ1n) is 12.6. The monoisotopic (exact) mass is 446 g/mol. The van der Waals surface area contributed by atoms with E-state index in [2.05, 4.69) is 83.8 Å². The number of hydrogen-bond donors (Lipinski definition) is 0. The molecule has 5 aromatic rings. The summed E-state index contributed by atoms with van der Waals surface area (Å²) in [5.74, 6) is 0. The third-order valence-corrected chi connectivity index (χ3v) is 8.59. The summed E-state index contributed by atoms with van der Waals surface area (Å²) in [7, 11) is 0. The molecule has 164 valence electrons. The molecule has 1 aromatic heterocycles. The highest BCUT2D eigenvalue weighted by Gasteiger charge is 2.37. The Bertz CT molecular complexity index is 1750. The molecule has 35 heavy (non-hydrogen) atoms. The van der Waals surface area contributed by atoms with Crippen molar-refractivity contribution in [1.29, 1.82) is 0 Å². The summed E-state index contributed by atoms with van der Waals surface area (Å²) in [4.78, 5) is 7.36. The first-order chi connectivity index (χ1) is 17.3. The first kappa shape index (κ1) is 18.2. The van der Waals surface area contributed by atoms with Crippen LogP contribution in [0.2, 0.25) is 0 Å². The van der Waals surface area contributed by atoms with Crippen molar-refractivity contribution in [2.75, 3.05) is 4.90 Å². The lowest BCUT2D eigenvalue weighted by atomic mass is 9.83. The highest BCUT2D eigenvalue weighted by Crippen LogP contribution is 2.56. The smallest absolute Gasteiger partial charge is 0.0688 e. The number of rotatable bonds is 0. The quantitative estimate of drug-likeness (QED) is 0.240. The zero-order valence-corrected chi connectivity index (χ0v) is 19.3. The van der Waals surface area contributed by atoms with Gasteiger partial charge < -0.3 is 4.90 Å². The largest absolute Gasteiger partial charge is 0.308 e. The van der Waals surface area contributed by atoms with Crippen LogP contribution >= 0.6 is 0 Å². The predicted molar refractivity (Wildman–Crippen MR) is 141 cm³/mol. The third kappa shape index (κ3) is 2.23. The summed E-state index contributed by atoms with van der Waals surface area (Å²) in [5.41, 5.74) is 21.3. The van der Waals surface area contributed by atoms with Crippen molar-refractivity contribution >= 4 is 17.1 Å². The van der Waals surface area contributed by atoms with Crippen LogP contribution in [-0.4, -0.2) is 4.98 Å². The number of aromatic nitrogens is 1. The van der Waals surface area contributed by atoms with Crippen molar-refractivity contribution in [2.45, 2.75) is 25.7 Å². The van der Waals surface area contributed by atoms with Gasteiger partial charge in [-0.05, 0) is 92.2 Å². The van der Waals surface area contributed by atoms with Crippen LogP contribution in [0.25, 0.3) is 22.3 Å². The van der Waals surface area contributed by atoms with E-state index in [4.69, 9.17) is 4.98 Å². The number of benzene rings is 4. The lowest BCUT2D eigenvalue weighted by Crippen LogP contribution is -2.25. The molecule has 0 saturated heterocycles. The Kier molecular flexibility index (Phi) is 3.27. The van der Waals surface area contributed by atoms with Crippen molar-refractivity contribution in [1.82, 2.24) is 4.98 Å². The van der Waals surface area contributed by atoms with Gasteiger partial charge in [0.1, 0.15) is 0 Å². The molecule has 2 nitrogen and oxygen atoms in total. The Labute approximate surface area is 204 Å². The lowest BCUT2D eigenvalue weighted by Gasteiger charge is -2.40. The van der Waals surface area contributed by atoms with Crippen LogP contribution in [0.3, 0.4) is 0 Å². The molecular weight excluding hydrogens is 424 g/mol. The van der Waals surface area contributed by atoms with Crippen LogP contribution in [-0.2, 0) is 25.7 Å². The van der Waals surface area contributed by atoms with Gasteiger partial charge in [-0.15, -0.1) is 0 Å². The van der Waals surface area contributed by atoms with E-state index >= 15 is 0 Å². The maximum atomic E-state index is 4.87. The molecule has 0 amide bonds. The van der Waals surface area contributed by atoms with Gasteiger partial charge in [-0.1, -0.05) is 60.7 Å². The van der Waals surface area contributed by atoms with Gasteiger partial charge in [0.15, 0.2) is 0 Å². The molecule has 2 heteroatoms. The number of para-hydroxylation sites is 1. The Balaban J connectivity index is 1.32. The summed E-state index contributed by atoms with van der Waals surface area (Å²) in [6.07, 6.45) is 5.94. The fraction of sp³-hybridized carbons (Fsp3) is 0.121. The second-order valence-corrected chi connectivity index (χ2v) is 10.3. The molecule has 0 unspecified atom stereocenters. The molecule has 0 atom stereocenters. The normalized spacial score (nSPS) is 14.9. The average molecular weight is 447 g/mol. The van der Waals surface area contributed by atoms with Crippen LogP contribution in [0, 0.1) is 0 Å². The second-order valence-electron chi connectivity index (χ2n) is 10.3. The standard InChI is InChI=1S/C33H22N2/c1-3-8-23-19(6-1)16-26-24(23)11-12-25-27(26)17-21-15-22-14-20-7-2-4-9-30(20)35-31-10-5-13-34-29(31)18-28(32(21)25)33(22)35/h1-13,15H,14,16-18H2. The molecule has 0 saturated carbocycles. The molecular formula is C33H22N2. The molecule has 2 aliphatic heterocycles. The zero-order valence-electron chi connectivity index (χ0n) is 19.3. The summed E-state index contributed by atoms with van der Waals surface area (Å²) in [5, 5.41) is 0. The first-order valence-corrected chi connectivity index (χ1v) is 12.6. The van der Waals surface area contributed by atoms with Gasteiger partial charge >= 0.3 is 0 Å². The van der Waals surface area contributed by atoms with E-state index in [1.54, 1.807) is 11.1 Å². The molecule has 4 aromatic carbocycles. The fourth-order valence-electron chi connectivity index (χ4n) is 7.21. The molecule has 0 spiro atoms. The van der Waals surface area contributed by atoms with Crippen molar-refractivity contribution in [3.8, 4) is 22.3 Å². The lowest BCUT2D eigenvalue weighted by molar-refractivity contribution is 0.969. The zero-order chi connectivity index (χ0) is 22.7.